The fourth-order valence-electron chi connectivity index (χ4n) is 7.27. The summed E-state index contributed by atoms with van der Waals surface area (Å²) >= 11 is 0. The van der Waals surface area contributed by atoms with E-state index in [1.807, 2.05) is 24.3 Å². The van der Waals surface area contributed by atoms with Crippen LogP contribution in [0.3, 0.4) is 0 Å². The van der Waals surface area contributed by atoms with Gasteiger partial charge in [0.25, 0.3) is 0 Å². The van der Waals surface area contributed by atoms with Gasteiger partial charge in [0.1, 0.15) is 0 Å². The second-order valence-electron chi connectivity index (χ2n) is 12.4. The van der Waals surface area contributed by atoms with Crippen molar-refractivity contribution in [1.82, 2.24) is 19.3 Å². The summed E-state index contributed by atoms with van der Waals surface area (Å²) in [6.45, 7) is 2.76. The van der Waals surface area contributed by atoms with Crippen molar-refractivity contribution in [3.8, 4) is 45.2 Å². The van der Waals surface area contributed by atoms with Crippen molar-refractivity contribution in [1.29, 1.82) is 0 Å². The molecule has 238 valence electrons. The normalized spacial score (nSPS) is 11.8. The molecule has 0 aliphatic rings. The molecule has 49 heavy (non-hydrogen) atoms. The maximum atomic E-state index is 6.16. The second-order valence-corrected chi connectivity index (χ2v) is 12.4. The van der Waals surface area contributed by atoms with Crippen molar-refractivity contribution in [3.63, 3.8) is 0 Å². The average molecular weight is 639 g/mol. The minimum absolute atomic E-state index is 0.491. The topological polar surface area (TPSA) is 101 Å². The number of benzene rings is 6. The summed E-state index contributed by atoms with van der Waals surface area (Å²) in [5.74, 6) is 0.982. The van der Waals surface area contributed by atoms with E-state index in [4.69, 9.17) is 15.9 Å². The van der Waals surface area contributed by atoms with E-state index in [0.717, 1.165) is 46.5 Å². The standard InChI is InChI=1S/C42H34N6O/c43-21-23-47-37-7-3-1-5-33(37)35-25-31(17-19-39(35)47)27-9-13-29(14-10-27)41-45-46-42(49-41)30-15-11-28(12-16-30)32-18-20-40-36(26-32)34-6-2-4-8-38(34)48(40)24-22-44/h1-20,25-26H,21-24,43-44H2. The van der Waals surface area contributed by atoms with E-state index in [-0.39, 0.29) is 0 Å². The maximum Gasteiger partial charge on any atom is 0.248 e. The molecule has 3 heterocycles. The molecule has 0 saturated heterocycles. The molecular weight excluding hydrogens is 605 g/mol. The van der Waals surface area contributed by atoms with Crippen LogP contribution < -0.4 is 11.5 Å². The van der Waals surface area contributed by atoms with Gasteiger partial charge in [-0.2, -0.15) is 0 Å². The Balaban J connectivity index is 0.970. The third-order valence-electron chi connectivity index (χ3n) is 9.61. The first-order valence-corrected chi connectivity index (χ1v) is 16.7. The lowest BCUT2D eigenvalue weighted by Gasteiger charge is -2.07. The SMILES string of the molecule is NCCn1c2ccccc2c2cc(-c3ccc(-c4nnc(-c5ccc(-c6ccc7c(c6)c6ccccc6n7CCN)cc5)o4)cc3)ccc21. The highest BCUT2D eigenvalue weighted by Crippen LogP contribution is 2.35. The van der Waals surface area contributed by atoms with Crippen LogP contribution in [0.25, 0.3) is 88.8 Å². The molecule has 9 aromatic rings. The molecule has 4 N–H and O–H groups in total. The quantitative estimate of drug-likeness (QED) is 0.173. The predicted molar refractivity (Wildman–Crippen MR) is 200 cm³/mol. The number of rotatable bonds is 8. The van der Waals surface area contributed by atoms with Gasteiger partial charge >= 0.3 is 0 Å². The zero-order chi connectivity index (χ0) is 32.9. The summed E-state index contributed by atoms with van der Waals surface area (Å²) < 4.78 is 10.8. The summed E-state index contributed by atoms with van der Waals surface area (Å²) in [5.41, 5.74) is 23.0. The van der Waals surface area contributed by atoms with Crippen molar-refractivity contribution in [2.45, 2.75) is 13.1 Å². The molecule has 0 saturated carbocycles. The molecule has 0 bridgehead atoms. The summed E-state index contributed by atoms with van der Waals surface area (Å²) in [4.78, 5) is 0. The Morgan fingerprint density at radius 2 is 0.776 bits per heavy atom. The van der Waals surface area contributed by atoms with Crippen LogP contribution in [-0.4, -0.2) is 32.4 Å². The first-order valence-electron chi connectivity index (χ1n) is 16.7. The van der Waals surface area contributed by atoms with Gasteiger partial charge in [0.05, 0.1) is 0 Å². The molecule has 0 radical (unpaired) electrons. The highest BCUT2D eigenvalue weighted by molar-refractivity contribution is 6.10. The number of nitrogens with zero attached hydrogens (tertiary/aromatic N) is 4. The third kappa shape index (κ3) is 4.90. The van der Waals surface area contributed by atoms with E-state index < -0.39 is 0 Å². The lowest BCUT2D eigenvalue weighted by molar-refractivity contribution is 0.584. The molecule has 0 aliphatic heterocycles. The molecule has 0 aliphatic carbocycles. The van der Waals surface area contributed by atoms with Gasteiger partial charge in [0.2, 0.25) is 11.8 Å². The zero-order valence-corrected chi connectivity index (χ0v) is 26.9. The molecule has 0 amide bonds. The smallest absolute Gasteiger partial charge is 0.248 e. The van der Waals surface area contributed by atoms with Crippen molar-refractivity contribution in [2.75, 3.05) is 13.1 Å². The Morgan fingerprint density at radius 1 is 0.408 bits per heavy atom. The number of hydrogen-bond acceptors (Lipinski definition) is 5. The Hall–Kier alpha value is -6.02. The summed E-state index contributed by atoms with van der Waals surface area (Å²) in [7, 11) is 0. The maximum absolute atomic E-state index is 6.16. The minimum Gasteiger partial charge on any atom is -0.416 e. The van der Waals surface area contributed by atoms with E-state index in [0.29, 0.717) is 24.9 Å². The monoisotopic (exact) mass is 638 g/mol. The van der Waals surface area contributed by atoms with Gasteiger partial charge in [0.15, 0.2) is 0 Å². The molecule has 0 spiro atoms. The van der Waals surface area contributed by atoms with Gasteiger partial charge in [-0.1, -0.05) is 72.8 Å². The predicted octanol–water partition coefficient (Wildman–Crippen LogP) is 8.87. The first-order chi connectivity index (χ1) is 24.2. The zero-order valence-electron chi connectivity index (χ0n) is 26.9. The van der Waals surface area contributed by atoms with Gasteiger partial charge in [0, 0.05) is 80.9 Å². The first kappa shape index (κ1) is 29.1. The van der Waals surface area contributed by atoms with Gasteiger partial charge in [-0.15, -0.1) is 10.2 Å². The number of para-hydroxylation sites is 2. The average Bonchev–Trinajstić information content (AvgIpc) is 3.86. The van der Waals surface area contributed by atoms with Crippen LogP contribution in [0.4, 0.5) is 0 Å². The van der Waals surface area contributed by atoms with Crippen LogP contribution in [0.5, 0.6) is 0 Å². The van der Waals surface area contributed by atoms with Crippen LogP contribution >= 0.6 is 0 Å². The largest absolute Gasteiger partial charge is 0.416 e. The molecule has 0 fully saturated rings. The van der Waals surface area contributed by atoms with Gasteiger partial charge in [-0.25, -0.2) is 0 Å². The summed E-state index contributed by atoms with van der Waals surface area (Å²) in [6, 6.07) is 46.9. The molecule has 0 unspecified atom stereocenters. The lowest BCUT2D eigenvalue weighted by atomic mass is 10.0. The van der Waals surface area contributed by atoms with Crippen LogP contribution in [0.1, 0.15) is 0 Å². The Kier molecular flexibility index (Phi) is 7.08. The number of hydrogen-bond donors (Lipinski definition) is 2. The summed E-state index contributed by atoms with van der Waals surface area (Å²) in [5, 5.41) is 13.7. The minimum atomic E-state index is 0.491. The van der Waals surface area contributed by atoms with Crippen molar-refractivity contribution < 1.29 is 4.42 Å². The molecule has 3 aromatic heterocycles. The molecule has 7 nitrogen and oxygen atoms in total. The third-order valence-corrected chi connectivity index (χ3v) is 9.61. The Morgan fingerprint density at radius 3 is 1.20 bits per heavy atom. The van der Waals surface area contributed by atoms with E-state index in [1.165, 1.54) is 43.6 Å². The van der Waals surface area contributed by atoms with Gasteiger partial charge in [-0.3, -0.25) is 0 Å². The fraction of sp³-hybridized carbons (Fsp3) is 0.0952. The van der Waals surface area contributed by atoms with Crippen LogP contribution in [-0.2, 0) is 13.1 Å². The van der Waals surface area contributed by atoms with E-state index in [2.05, 4.69) is 129 Å². The van der Waals surface area contributed by atoms with Crippen molar-refractivity contribution in [3.05, 3.63) is 133 Å². The second kappa shape index (κ2) is 11.9. The van der Waals surface area contributed by atoms with Crippen molar-refractivity contribution in [2.24, 2.45) is 11.5 Å². The van der Waals surface area contributed by atoms with E-state index >= 15 is 0 Å². The molecule has 6 aromatic carbocycles. The Labute approximate surface area is 283 Å². The highest BCUT2D eigenvalue weighted by atomic mass is 16.4. The lowest BCUT2D eigenvalue weighted by Crippen LogP contribution is -2.09. The van der Waals surface area contributed by atoms with Crippen LogP contribution in [0, 0.1) is 0 Å². The van der Waals surface area contributed by atoms with E-state index in [9.17, 15) is 0 Å². The van der Waals surface area contributed by atoms with E-state index in [1.54, 1.807) is 0 Å². The van der Waals surface area contributed by atoms with Gasteiger partial charge < -0.3 is 25.0 Å². The Bertz CT molecular complexity index is 2440. The number of fused-ring (bicyclic) bond motifs is 6. The molecule has 0 atom stereocenters. The van der Waals surface area contributed by atoms with Crippen LogP contribution in [0.2, 0.25) is 0 Å². The molecule has 9 rings (SSSR count). The molecular formula is C42H34N6O. The fourth-order valence-corrected chi connectivity index (χ4v) is 7.27. The number of aromatic nitrogens is 4. The van der Waals surface area contributed by atoms with Crippen LogP contribution in [0.15, 0.2) is 138 Å². The molecule has 7 heteroatoms. The van der Waals surface area contributed by atoms with Gasteiger partial charge in [-0.05, 0) is 82.9 Å². The van der Waals surface area contributed by atoms with Crippen molar-refractivity contribution >= 4 is 43.6 Å². The number of nitrogens with two attached hydrogens (primary N) is 2. The summed E-state index contributed by atoms with van der Waals surface area (Å²) in [6.07, 6.45) is 0. The highest BCUT2D eigenvalue weighted by Gasteiger charge is 2.15.